The van der Waals surface area contributed by atoms with Crippen molar-refractivity contribution in [1.82, 2.24) is 15.3 Å². The fourth-order valence-corrected chi connectivity index (χ4v) is 5.27. The summed E-state index contributed by atoms with van der Waals surface area (Å²) in [6, 6.07) is 15.8. The van der Waals surface area contributed by atoms with Crippen molar-refractivity contribution in [2.45, 2.75) is 58.0 Å². The third-order valence-electron chi connectivity index (χ3n) is 8.03. The molecule has 0 aliphatic carbocycles. The molecule has 4 unspecified atom stereocenters. The zero-order valence-electron chi connectivity index (χ0n) is 26.4. The van der Waals surface area contributed by atoms with Crippen LogP contribution in [0.15, 0.2) is 67.1 Å². The van der Waals surface area contributed by atoms with Gasteiger partial charge in [-0.2, -0.15) is 0 Å². The third kappa shape index (κ3) is 8.55. The van der Waals surface area contributed by atoms with Gasteiger partial charge in [0.2, 0.25) is 0 Å². The molecule has 0 fully saturated rings. The molecule has 0 saturated heterocycles. The molecular weight excluding hydrogens is 606 g/mol. The molecule has 6 N–H and O–H groups in total. The zero-order chi connectivity index (χ0) is 33.3. The fourth-order valence-electron chi connectivity index (χ4n) is 5.27. The topological polar surface area (TPSA) is 176 Å². The molecule has 5 rings (SSSR count). The van der Waals surface area contributed by atoms with E-state index >= 15 is 0 Å². The number of nitrogens with one attached hydrogen (secondary N) is 1. The molecule has 12 heteroatoms. The van der Waals surface area contributed by atoms with Gasteiger partial charge in [-0.1, -0.05) is 24.3 Å². The predicted octanol–water partition coefficient (Wildman–Crippen LogP) is 2.22. The van der Waals surface area contributed by atoms with Gasteiger partial charge in [-0.25, -0.2) is 0 Å². The van der Waals surface area contributed by atoms with Gasteiger partial charge in [-0.05, 0) is 59.9 Å². The molecule has 4 atom stereocenters. The number of aliphatic hydroxyl groups excluding tert-OH is 5. The SMILES string of the molecule is Cc1cc(CNCC(O)C(O)C(O)C(O)CO)c(OCc2cnccn2)cc1OCc1cccc(-c2ccc3c(c2)OCCO3)c1C. The molecule has 0 radical (unpaired) electrons. The number of aliphatic hydroxyl groups is 5. The first-order chi connectivity index (χ1) is 22.7. The van der Waals surface area contributed by atoms with Crippen molar-refractivity contribution < 1.29 is 44.5 Å². The normalized spacial score (nSPS) is 15.0. The summed E-state index contributed by atoms with van der Waals surface area (Å²) in [5.41, 5.74) is 6.45. The van der Waals surface area contributed by atoms with Crippen LogP contribution >= 0.6 is 0 Å². The number of nitrogens with zero attached hydrogens (tertiary/aromatic N) is 2. The Morgan fingerprint density at radius 1 is 0.830 bits per heavy atom. The van der Waals surface area contributed by atoms with Crippen molar-refractivity contribution in [1.29, 1.82) is 0 Å². The van der Waals surface area contributed by atoms with Crippen LogP contribution in [0.2, 0.25) is 0 Å². The molecule has 1 aliphatic rings. The Labute approximate surface area is 273 Å². The van der Waals surface area contributed by atoms with E-state index in [2.05, 4.69) is 28.3 Å². The summed E-state index contributed by atoms with van der Waals surface area (Å²) in [5, 5.41) is 52.1. The average molecular weight is 648 g/mol. The van der Waals surface area contributed by atoms with Crippen molar-refractivity contribution in [3.8, 4) is 34.1 Å². The maximum Gasteiger partial charge on any atom is 0.161 e. The second kappa shape index (κ2) is 16.0. The van der Waals surface area contributed by atoms with Crippen molar-refractivity contribution in [2.75, 3.05) is 26.4 Å². The summed E-state index contributed by atoms with van der Waals surface area (Å²) in [6.45, 7) is 4.93. The number of benzene rings is 3. The number of hydrogen-bond acceptors (Lipinski definition) is 12. The molecule has 0 amide bonds. The molecule has 250 valence electrons. The molecule has 4 aromatic rings. The smallest absolute Gasteiger partial charge is 0.161 e. The summed E-state index contributed by atoms with van der Waals surface area (Å²) < 4.78 is 24.0. The van der Waals surface area contributed by atoms with Gasteiger partial charge >= 0.3 is 0 Å². The van der Waals surface area contributed by atoms with Gasteiger partial charge in [0.05, 0.1) is 24.6 Å². The van der Waals surface area contributed by atoms with Crippen molar-refractivity contribution >= 4 is 0 Å². The first-order valence-electron chi connectivity index (χ1n) is 15.4. The Kier molecular flexibility index (Phi) is 11.6. The van der Waals surface area contributed by atoms with Crippen LogP contribution in [0.1, 0.15) is 27.9 Å². The fraction of sp³-hybridized carbons (Fsp3) is 0.371. The number of ether oxygens (including phenoxy) is 4. The molecule has 12 nitrogen and oxygen atoms in total. The number of rotatable bonds is 15. The average Bonchev–Trinajstić information content (AvgIpc) is 3.10. The first kappa shape index (κ1) is 34.0. The molecule has 1 aromatic heterocycles. The minimum Gasteiger partial charge on any atom is -0.488 e. The molecule has 47 heavy (non-hydrogen) atoms. The summed E-state index contributed by atoms with van der Waals surface area (Å²) in [6.07, 6.45) is -1.56. The first-order valence-corrected chi connectivity index (χ1v) is 15.4. The van der Waals surface area contributed by atoms with Crippen molar-refractivity contribution in [2.24, 2.45) is 0 Å². The van der Waals surface area contributed by atoms with E-state index in [1.54, 1.807) is 18.6 Å². The van der Waals surface area contributed by atoms with Gasteiger partial charge in [0.25, 0.3) is 0 Å². The Morgan fingerprint density at radius 3 is 2.36 bits per heavy atom. The van der Waals surface area contributed by atoms with Crippen LogP contribution in [0, 0.1) is 13.8 Å². The maximum atomic E-state index is 10.3. The van der Waals surface area contributed by atoms with Crippen LogP contribution < -0.4 is 24.3 Å². The van der Waals surface area contributed by atoms with Gasteiger partial charge in [-0.15, -0.1) is 0 Å². The second-order valence-electron chi connectivity index (χ2n) is 11.4. The molecule has 0 saturated carbocycles. The minimum atomic E-state index is -1.70. The highest BCUT2D eigenvalue weighted by Gasteiger charge is 2.29. The highest BCUT2D eigenvalue weighted by atomic mass is 16.6. The summed E-state index contributed by atoms with van der Waals surface area (Å²) >= 11 is 0. The van der Waals surface area contributed by atoms with E-state index < -0.39 is 31.0 Å². The standard InChI is InChI=1S/C35H41N3O9/c1-21-12-25(15-37-17-28(40)34(42)35(43)29(41)18-39)32(47-20-26-16-36-8-9-38-26)14-31(21)46-19-24-4-3-5-27(22(24)2)23-6-7-30-33(13-23)45-11-10-44-30/h3-9,12-14,16,28-29,34-35,37,39-43H,10-11,15,17-20H2,1-2H3. The van der Waals surface area contributed by atoms with Gasteiger partial charge in [0.1, 0.15) is 56.2 Å². The largest absolute Gasteiger partial charge is 0.488 e. The van der Waals surface area contributed by atoms with Crippen LogP contribution in [0.25, 0.3) is 11.1 Å². The van der Waals surface area contributed by atoms with E-state index in [1.165, 1.54) is 0 Å². The summed E-state index contributed by atoms with van der Waals surface area (Å²) in [7, 11) is 0. The Hall–Kier alpha value is -4.30. The predicted molar refractivity (Wildman–Crippen MR) is 172 cm³/mol. The van der Waals surface area contributed by atoms with Crippen molar-refractivity contribution in [3.63, 3.8) is 0 Å². The highest BCUT2D eigenvalue weighted by Crippen LogP contribution is 2.36. The number of hydrogen-bond donors (Lipinski definition) is 6. The van der Waals surface area contributed by atoms with Gasteiger partial charge in [0, 0.05) is 37.1 Å². The molecule has 1 aliphatic heterocycles. The summed E-state index contributed by atoms with van der Waals surface area (Å²) in [4.78, 5) is 8.37. The van der Waals surface area contributed by atoms with E-state index in [-0.39, 0.29) is 19.7 Å². The van der Waals surface area contributed by atoms with E-state index in [0.29, 0.717) is 37.0 Å². The minimum absolute atomic E-state index is 0.101. The summed E-state index contributed by atoms with van der Waals surface area (Å²) in [5.74, 6) is 2.63. The van der Waals surface area contributed by atoms with Crippen LogP contribution in [-0.4, -0.2) is 86.3 Å². The monoisotopic (exact) mass is 647 g/mol. The third-order valence-corrected chi connectivity index (χ3v) is 8.03. The lowest BCUT2D eigenvalue weighted by atomic mass is 9.96. The van der Waals surface area contributed by atoms with Crippen LogP contribution in [0.5, 0.6) is 23.0 Å². The molecule has 2 heterocycles. The lowest BCUT2D eigenvalue weighted by molar-refractivity contribution is -0.114. The lowest BCUT2D eigenvalue weighted by Crippen LogP contribution is -2.48. The van der Waals surface area contributed by atoms with Gasteiger partial charge in [-0.3, -0.25) is 9.97 Å². The van der Waals surface area contributed by atoms with E-state index in [0.717, 1.165) is 44.9 Å². The van der Waals surface area contributed by atoms with Crippen LogP contribution in [0.4, 0.5) is 0 Å². The molecule has 0 spiro atoms. The number of fused-ring (bicyclic) bond motifs is 1. The molecule has 0 bridgehead atoms. The Balaban J connectivity index is 1.31. The lowest BCUT2D eigenvalue weighted by Gasteiger charge is -2.26. The highest BCUT2D eigenvalue weighted by molar-refractivity contribution is 5.71. The van der Waals surface area contributed by atoms with Crippen molar-refractivity contribution in [3.05, 3.63) is 95.1 Å². The van der Waals surface area contributed by atoms with Gasteiger partial charge in [0.15, 0.2) is 11.5 Å². The molecular formula is C35H41N3O9. The van der Waals surface area contributed by atoms with Crippen LogP contribution in [-0.2, 0) is 19.8 Å². The van der Waals surface area contributed by atoms with Gasteiger partial charge < -0.3 is 49.8 Å². The number of aryl methyl sites for hydroxylation is 1. The van der Waals surface area contributed by atoms with Crippen LogP contribution in [0.3, 0.4) is 0 Å². The zero-order valence-corrected chi connectivity index (χ0v) is 26.4. The second-order valence-corrected chi connectivity index (χ2v) is 11.4. The maximum absolute atomic E-state index is 10.3. The Morgan fingerprint density at radius 2 is 1.60 bits per heavy atom. The van der Waals surface area contributed by atoms with E-state index in [9.17, 15) is 20.4 Å². The number of aromatic nitrogens is 2. The molecule has 3 aromatic carbocycles. The Bertz CT molecular complexity index is 1620. The van der Waals surface area contributed by atoms with E-state index in [4.69, 9.17) is 24.1 Å². The van der Waals surface area contributed by atoms with E-state index in [1.807, 2.05) is 49.4 Å². The quantitative estimate of drug-likeness (QED) is 0.111.